The Balaban J connectivity index is 1.69. The maximum absolute atomic E-state index is 12.5. The summed E-state index contributed by atoms with van der Waals surface area (Å²) in [5.41, 5.74) is -0.354. The molecule has 3 heterocycles. The predicted octanol–water partition coefficient (Wildman–Crippen LogP) is 0.919. The number of amides is 1. The number of hydrogen-bond acceptors (Lipinski definition) is 5. The van der Waals surface area contributed by atoms with E-state index in [1.54, 1.807) is 41.0 Å². The molecule has 1 aliphatic heterocycles. The molecule has 1 fully saturated rings. The van der Waals surface area contributed by atoms with Gasteiger partial charge in [-0.15, -0.1) is 0 Å². The standard InChI is InChI=1S/C17H23N5O2/c1-20-10-3-6-14(20)15(23)21(2)12-17(24)7-4-11-22(13-17)16-18-8-5-9-19-16/h3,5-6,8-10,24H,4,7,11-13H2,1-2H3/t17-/m1/s1. The molecule has 2 aromatic rings. The molecule has 1 amide bonds. The topological polar surface area (TPSA) is 74.5 Å². The second-order valence-corrected chi connectivity index (χ2v) is 6.46. The molecule has 7 heteroatoms. The van der Waals surface area contributed by atoms with Gasteiger partial charge in [0.2, 0.25) is 5.95 Å². The van der Waals surface area contributed by atoms with Crippen LogP contribution in [0, 0.1) is 0 Å². The van der Waals surface area contributed by atoms with Crippen LogP contribution in [0.2, 0.25) is 0 Å². The molecule has 1 aliphatic rings. The van der Waals surface area contributed by atoms with Gasteiger partial charge in [-0.25, -0.2) is 9.97 Å². The van der Waals surface area contributed by atoms with Gasteiger partial charge >= 0.3 is 0 Å². The Labute approximate surface area is 141 Å². The van der Waals surface area contributed by atoms with Gasteiger partial charge in [0.1, 0.15) is 5.69 Å². The van der Waals surface area contributed by atoms with Gasteiger partial charge in [-0.1, -0.05) is 0 Å². The number of nitrogens with zero attached hydrogens (tertiary/aromatic N) is 5. The highest BCUT2D eigenvalue weighted by Gasteiger charge is 2.36. The summed E-state index contributed by atoms with van der Waals surface area (Å²) >= 11 is 0. The van der Waals surface area contributed by atoms with Crippen LogP contribution in [-0.2, 0) is 7.05 Å². The average Bonchev–Trinajstić information content (AvgIpc) is 3.00. The zero-order valence-corrected chi connectivity index (χ0v) is 14.1. The Morgan fingerprint density at radius 3 is 2.79 bits per heavy atom. The SMILES string of the molecule is CN(C[C@]1(O)CCCN(c2ncccn2)C1)C(=O)c1cccn1C. The molecule has 0 saturated carbocycles. The number of likely N-dealkylation sites (N-methyl/N-ethyl adjacent to an activating group) is 1. The third kappa shape index (κ3) is 3.41. The van der Waals surface area contributed by atoms with E-state index in [9.17, 15) is 9.90 Å². The molecular formula is C17H23N5O2. The monoisotopic (exact) mass is 329 g/mol. The van der Waals surface area contributed by atoms with E-state index in [2.05, 4.69) is 9.97 Å². The lowest BCUT2D eigenvalue weighted by atomic mass is 9.92. The maximum Gasteiger partial charge on any atom is 0.270 e. The van der Waals surface area contributed by atoms with E-state index >= 15 is 0 Å². The second-order valence-electron chi connectivity index (χ2n) is 6.46. The van der Waals surface area contributed by atoms with Crippen LogP contribution in [0.15, 0.2) is 36.8 Å². The Morgan fingerprint density at radius 1 is 1.38 bits per heavy atom. The van der Waals surface area contributed by atoms with Crippen molar-refractivity contribution < 1.29 is 9.90 Å². The van der Waals surface area contributed by atoms with Crippen LogP contribution in [0.1, 0.15) is 23.3 Å². The molecule has 24 heavy (non-hydrogen) atoms. The van der Waals surface area contributed by atoms with E-state index < -0.39 is 5.60 Å². The number of β-amino-alcohol motifs (C(OH)–C–C–N with tert-alkyl or cyclic N) is 1. The van der Waals surface area contributed by atoms with Crippen molar-refractivity contribution in [3.05, 3.63) is 42.5 Å². The van der Waals surface area contributed by atoms with Crippen molar-refractivity contribution >= 4 is 11.9 Å². The van der Waals surface area contributed by atoms with Gasteiger partial charge in [0.15, 0.2) is 0 Å². The summed E-state index contributed by atoms with van der Waals surface area (Å²) in [7, 11) is 3.57. The van der Waals surface area contributed by atoms with Crippen molar-refractivity contribution in [1.29, 1.82) is 0 Å². The number of aromatic nitrogens is 3. The van der Waals surface area contributed by atoms with Crippen molar-refractivity contribution in [2.24, 2.45) is 7.05 Å². The van der Waals surface area contributed by atoms with E-state index in [0.29, 0.717) is 24.6 Å². The van der Waals surface area contributed by atoms with Crippen molar-refractivity contribution in [3.63, 3.8) is 0 Å². The quantitative estimate of drug-likeness (QED) is 0.903. The minimum atomic E-state index is -0.965. The summed E-state index contributed by atoms with van der Waals surface area (Å²) in [5, 5.41) is 11.0. The van der Waals surface area contributed by atoms with Crippen LogP contribution in [0.4, 0.5) is 5.95 Å². The van der Waals surface area contributed by atoms with Crippen LogP contribution in [0.25, 0.3) is 0 Å². The number of rotatable bonds is 4. The molecule has 0 unspecified atom stereocenters. The van der Waals surface area contributed by atoms with Gasteiger partial charge in [0.25, 0.3) is 5.91 Å². The number of piperidine rings is 1. The third-order valence-corrected chi connectivity index (χ3v) is 4.43. The van der Waals surface area contributed by atoms with E-state index in [1.165, 1.54) is 0 Å². The molecule has 1 N–H and O–H groups in total. The fourth-order valence-corrected chi connectivity index (χ4v) is 3.26. The Bertz CT molecular complexity index is 702. The summed E-state index contributed by atoms with van der Waals surface area (Å²) in [4.78, 5) is 24.6. The first-order valence-corrected chi connectivity index (χ1v) is 8.10. The number of aryl methyl sites for hydroxylation is 1. The highest BCUT2D eigenvalue weighted by atomic mass is 16.3. The molecular weight excluding hydrogens is 306 g/mol. The molecule has 7 nitrogen and oxygen atoms in total. The van der Waals surface area contributed by atoms with Crippen LogP contribution in [0.5, 0.6) is 0 Å². The first-order chi connectivity index (χ1) is 11.5. The van der Waals surface area contributed by atoms with Crippen LogP contribution < -0.4 is 4.90 Å². The second kappa shape index (κ2) is 6.60. The summed E-state index contributed by atoms with van der Waals surface area (Å²) < 4.78 is 1.79. The summed E-state index contributed by atoms with van der Waals surface area (Å²) in [6.07, 6.45) is 6.72. The fraction of sp³-hybridized carbons (Fsp3) is 0.471. The molecule has 3 rings (SSSR count). The highest BCUT2D eigenvalue weighted by molar-refractivity contribution is 5.92. The lowest BCUT2D eigenvalue weighted by Crippen LogP contribution is -2.55. The summed E-state index contributed by atoms with van der Waals surface area (Å²) in [6.45, 7) is 1.50. The van der Waals surface area contributed by atoms with Crippen LogP contribution in [-0.4, -0.2) is 62.7 Å². The van der Waals surface area contributed by atoms with Gasteiger partial charge < -0.3 is 19.5 Å². The van der Waals surface area contributed by atoms with E-state index in [0.717, 1.165) is 13.0 Å². The average molecular weight is 329 g/mol. The van der Waals surface area contributed by atoms with E-state index in [1.807, 2.05) is 24.2 Å². The normalized spacial score (nSPS) is 20.9. The zero-order valence-electron chi connectivity index (χ0n) is 14.1. The number of carbonyl (C=O) groups excluding carboxylic acids is 1. The lowest BCUT2D eigenvalue weighted by molar-refractivity contribution is -0.000533. The maximum atomic E-state index is 12.5. The van der Waals surface area contributed by atoms with Crippen LogP contribution >= 0.6 is 0 Å². The number of anilines is 1. The fourth-order valence-electron chi connectivity index (χ4n) is 3.26. The largest absolute Gasteiger partial charge is 0.386 e. The molecule has 0 aromatic carbocycles. The predicted molar refractivity (Wildman–Crippen MR) is 90.8 cm³/mol. The zero-order chi connectivity index (χ0) is 17.2. The molecule has 0 radical (unpaired) electrons. The van der Waals surface area contributed by atoms with Gasteiger partial charge in [0.05, 0.1) is 18.7 Å². The Morgan fingerprint density at radius 2 is 2.12 bits per heavy atom. The van der Waals surface area contributed by atoms with E-state index in [4.69, 9.17) is 0 Å². The molecule has 0 bridgehead atoms. The first-order valence-electron chi connectivity index (χ1n) is 8.10. The minimum Gasteiger partial charge on any atom is -0.386 e. The third-order valence-electron chi connectivity index (χ3n) is 4.43. The molecule has 128 valence electrons. The van der Waals surface area contributed by atoms with Crippen molar-refractivity contribution in [2.75, 3.05) is 31.6 Å². The Kier molecular flexibility index (Phi) is 4.53. The van der Waals surface area contributed by atoms with Gasteiger partial charge in [-0.2, -0.15) is 0 Å². The first kappa shape index (κ1) is 16.4. The van der Waals surface area contributed by atoms with Gasteiger partial charge in [-0.3, -0.25) is 4.79 Å². The van der Waals surface area contributed by atoms with Crippen molar-refractivity contribution in [3.8, 4) is 0 Å². The van der Waals surface area contributed by atoms with Crippen molar-refractivity contribution in [2.45, 2.75) is 18.4 Å². The van der Waals surface area contributed by atoms with Crippen LogP contribution in [0.3, 0.4) is 0 Å². The van der Waals surface area contributed by atoms with E-state index in [-0.39, 0.29) is 12.5 Å². The highest BCUT2D eigenvalue weighted by Crippen LogP contribution is 2.25. The molecule has 0 aliphatic carbocycles. The van der Waals surface area contributed by atoms with Crippen molar-refractivity contribution in [1.82, 2.24) is 19.4 Å². The number of aliphatic hydroxyl groups is 1. The molecule has 1 saturated heterocycles. The summed E-state index contributed by atoms with van der Waals surface area (Å²) in [6, 6.07) is 5.39. The molecule has 2 aromatic heterocycles. The molecule has 1 atom stereocenters. The molecule has 0 spiro atoms. The summed E-state index contributed by atoms with van der Waals surface area (Å²) in [5.74, 6) is 0.524. The minimum absolute atomic E-state index is 0.0935. The van der Waals surface area contributed by atoms with Gasteiger partial charge in [-0.05, 0) is 31.0 Å². The number of hydrogen-bond donors (Lipinski definition) is 1. The smallest absolute Gasteiger partial charge is 0.270 e. The number of carbonyl (C=O) groups is 1. The Hall–Kier alpha value is -2.41. The lowest BCUT2D eigenvalue weighted by Gasteiger charge is -2.41. The van der Waals surface area contributed by atoms with Gasteiger partial charge in [0, 0.05) is 39.2 Å².